The Morgan fingerprint density at radius 2 is 2.00 bits per heavy atom. The molecular weight excluding hydrogens is 555 g/mol. The molecule has 0 fully saturated rings. The third-order valence-electron chi connectivity index (χ3n) is 6.25. The zero-order valence-corrected chi connectivity index (χ0v) is 24.2. The Kier molecular flexibility index (Phi) is 10.1. The van der Waals surface area contributed by atoms with Gasteiger partial charge in [-0.2, -0.15) is 10.1 Å². The number of phenols is 1. The van der Waals surface area contributed by atoms with Crippen LogP contribution in [0.1, 0.15) is 31.4 Å². The number of hydrogen-bond acceptors (Lipinski definition) is 9. The second-order valence-electron chi connectivity index (χ2n) is 9.08. The Balaban J connectivity index is 2.23. The van der Waals surface area contributed by atoms with E-state index >= 15 is 0 Å². The molecule has 1 heterocycles. The van der Waals surface area contributed by atoms with E-state index in [1.165, 1.54) is 34.1 Å². The molecule has 1 aromatic heterocycles. The van der Waals surface area contributed by atoms with Crippen LogP contribution in [0.4, 0.5) is 17.3 Å². The maximum absolute atomic E-state index is 13.9. The Labute approximate surface area is 241 Å². The summed E-state index contributed by atoms with van der Waals surface area (Å²) in [7, 11) is 3.29. The van der Waals surface area contributed by atoms with Crippen LogP contribution >= 0.6 is 23.2 Å². The number of hydrogen-bond donors (Lipinski definition) is 3. The molecule has 212 valence electrons. The number of rotatable bonds is 11. The molecule has 13 heteroatoms. The van der Waals surface area contributed by atoms with Gasteiger partial charge in [-0.3, -0.25) is 14.6 Å². The Bertz CT molecular complexity index is 1580. The van der Waals surface area contributed by atoms with Gasteiger partial charge in [-0.25, -0.2) is 14.2 Å². The maximum Gasteiger partial charge on any atom is 0.355 e. The summed E-state index contributed by atoms with van der Waals surface area (Å²) >= 11 is 12.6. The lowest BCUT2D eigenvalue weighted by molar-refractivity contribution is 0.475. The summed E-state index contributed by atoms with van der Waals surface area (Å²) in [4.78, 5) is 35.3. The predicted molar refractivity (Wildman–Crippen MR) is 162 cm³/mol. The van der Waals surface area contributed by atoms with Gasteiger partial charge in [-0.15, -0.1) is 0 Å². The fourth-order valence-electron chi connectivity index (χ4n) is 3.76. The van der Waals surface area contributed by atoms with Crippen LogP contribution < -0.4 is 22.4 Å². The molecule has 1 atom stereocenters. The lowest BCUT2D eigenvalue weighted by atomic mass is 10.0. The smallest absolute Gasteiger partial charge is 0.355 e. The maximum atomic E-state index is 13.9. The number of nitrogens with one attached hydrogen (secondary N) is 1. The molecule has 11 nitrogen and oxygen atoms in total. The standard InChI is InChI=1S/C27H32Cl2N8O3/c1-6-16(3)23(34-35(5)7-2)15-37-26(39)33-25(32-22-11-17(13-31-4)21(30)12-24(22)38)36(27(37)40)14-18-10-19(28)8-9-20(18)29/h7-13,16,38H,2,6,14-15,30H2,1,3-5H3,(H,32,33,39)/b31-13?,34-23-. The van der Waals surface area contributed by atoms with Crippen molar-refractivity contribution in [2.24, 2.45) is 16.0 Å². The van der Waals surface area contributed by atoms with Gasteiger partial charge in [0.25, 0.3) is 0 Å². The van der Waals surface area contributed by atoms with E-state index in [-0.39, 0.29) is 36.4 Å². The monoisotopic (exact) mass is 586 g/mol. The number of nitrogens with two attached hydrogens (primary N) is 1. The molecule has 2 aromatic carbocycles. The SMILES string of the molecule is C=CN(C)/N=C(/Cn1c(=O)nc(Nc2cc(C=NC)c(N)cc2O)n(Cc2cc(Cl)ccc2Cl)c1=O)C(C)CC. The average molecular weight is 588 g/mol. The lowest BCUT2D eigenvalue weighted by Crippen LogP contribution is -2.45. The van der Waals surface area contributed by atoms with Crippen molar-refractivity contribution in [1.82, 2.24) is 19.1 Å². The van der Waals surface area contributed by atoms with Crippen LogP contribution in [0.3, 0.4) is 0 Å². The number of nitrogen functional groups attached to an aromatic ring is 1. The number of aromatic nitrogens is 3. The van der Waals surface area contributed by atoms with Gasteiger partial charge in [0, 0.05) is 53.9 Å². The third kappa shape index (κ3) is 7.10. The van der Waals surface area contributed by atoms with Crippen molar-refractivity contribution < 1.29 is 5.11 Å². The lowest BCUT2D eigenvalue weighted by Gasteiger charge is -2.20. The molecule has 0 amide bonds. The van der Waals surface area contributed by atoms with Crippen molar-refractivity contribution in [1.29, 1.82) is 0 Å². The number of nitrogens with zero attached hydrogens (tertiary/aromatic N) is 6. The van der Waals surface area contributed by atoms with Crippen molar-refractivity contribution >= 4 is 52.5 Å². The fraction of sp³-hybridized carbons (Fsp3) is 0.296. The van der Waals surface area contributed by atoms with Gasteiger partial charge >= 0.3 is 11.4 Å². The minimum absolute atomic E-state index is 0.0345. The van der Waals surface area contributed by atoms with Gasteiger partial charge in [0.15, 0.2) is 0 Å². The number of aliphatic imine (C=N–C) groups is 1. The van der Waals surface area contributed by atoms with Gasteiger partial charge in [-0.05, 0) is 42.2 Å². The molecule has 0 saturated heterocycles. The van der Waals surface area contributed by atoms with Gasteiger partial charge in [0.2, 0.25) is 5.95 Å². The van der Waals surface area contributed by atoms with Crippen LogP contribution in [0.25, 0.3) is 0 Å². The number of hydrazone groups is 1. The van der Waals surface area contributed by atoms with Crippen molar-refractivity contribution in [3.8, 4) is 5.75 Å². The second-order valence-corrected chi connectivity index (χ2v) is 9.92. The van der Waals surface area contributed by atoms with Gasteiger partial charge < -0.3 is 16.2 Å². The molecule has 3 aromatic rings. The summed E-state index contributed by atoms with van der Waals surface area (Å²) in [5.74, 6) is -0.366. The molecule has 1 unspecified atom stereocenters. The van der Waals surface area contributed by atoms with Crippen LogP contribution in [-0.4, -0.2) is 50.3 Å². The van der Waals surface area contributed by atoms with E-state index in [1.54, 1.807) is 32.3 Å². The predicted octanol–water partition coefficient (Wildman–Crippen LogP) is 4.32. The summed E-state index contributed by atoms with van der Waals surface area (Å²) in [6.07, 6.45) is 3.77. The Morgan fingerprint density at radius 3 is 2.65 bits per heavy atom. The van der Waals surface area contributed by atoms with E-state index in [1.807, 2.05) is 13.8 Å². The van der Waals surface area contributed by atoms with Crippen molar-refractivity contribution in [2.75, 3.05) is 25.1 Å². The minimum atomic E-state index is -0.802. The van der Waals surface area contributed by atoms with E-state index in [2.05, 4.69) is 27.0 Å². The van der Waals surface area contributed by atoms with E-state index in [0.29, 0.717) is 32.6 Å². The highest BCUT2D eigenvalue weighted by molar-refractivity contribution is 6.33. The van der Waals surface area contributed by atoms with Crippen molar-refractivity contribution in [3.63, 3.8) is 0 Å². The second kappa shape index (κ2) is 13.3. The fourth-order valence-corrected chi connectivity index (χ4v) is 4.13. The van der Waals surface area contributed by atoms with Crippen LogP contribution in [0.2, 0.25) is 10.0 Å². The molecule has 0 bridgehead atoms. The molecule has 40 heavy (non-hydrogen) atoms. The van der Waals surface area contributed by atoms with Gasteiger partial charge in [-0.1, -0.05) is 43.6 Å². The number of anilines is 3. The van der Waals surface area contributed by atoms with Crippen LogP contribution in [0.5, 0.6) is 5.75 Å². The van der Waals surface area contributed by atoms with E-state index in [4.69, 9.17) is 28.9 Å². The highest BCUT2D eigenvalue weighted by atomic mass is 35.5. The molecule has 0 spiro atoms. The molecule has 0 radical (unpaired) electrons. The molecule has 0 aliphatic carbocycles. The first-order valence-electron chi connectivity index (χ1n) is 12.4. The molecule has 3 rings (SSSR count). The number of benzene rings is 2. The number of halogens is 2. The topological polar surface area (TPSA) is 143 Å². The van der Waals surface area contributed by atoms with Gasteiger partial charge in [0.1, 0.15) is 5.75 Å². The van der Waals surface area contributed by atoms with E-state index in [0.717, 1.165) is 11.0 Å². The van der Waals surface area contributed by atoms with Gasteiger partial charge in [0.05, 0.1) is 24.5 Å². The number of phenolic OH excluding ortho intramolecular Hbond substituents is 1. The zero-order valence-electron chi connectivity index (χ0n) is 22.7. The summed E-state index contributed by atoms with van der Waals surface area (Å²) < 4.78 is 2.25. The first kappa shape index (κ1) is 30.5. The summed E-state index contributed by atoms with van der Waals surface area (Å²) in [6.45, 7) is 7.48. The molecule has 4 N–H and O–H groups in total. The Hall–Kier alpha value is -4.09. The number of aromatic hydroxyl groups is 1. The molecule has 0 saturated carbocycles. The van der Waals surface area contributed by atoms with E-state index < -0.39 is 11.4 Å². The molecule has 0 aliphatic rings. The molecule has 0 aliphatic heterocycles. The molecular formula is C27H32Cl2N8O3. The third-order valence-corrected chi connectivity index (χ3v) is 6.86. The van der Waals surface area contributed by atoms with E-state index in [9.17, 15) is 14.7 Å². The largest absolute Gasteiger partial charge is 0.506 e. The van der Waals surface area contributed by atoms with Crippen LogP contribution in [0, 0.1) is 5.92 Å². The summed E-state index contributed by atoms with van der Waals surface area (Å²) in [5.41, 5.74) is 6.60. The normalized spacial score (nSPS) is 12.5. The highest BCUT2D eigenvalue weighted by Crippen LogP contribution is 2.30. The summed E-state index contributed by atoms with van der Waals surface area (Å²) in [6, 6.07) is 7.73. The minimum Gasteiger partial charge on any atom is -0.506 e. The quantitative estimate of drug-likeness (QED) is 0.131. The highest BCUT2D eigenvalue weighted by Gasteiger charge is 2.20. The average Bonchev–Trinajstić information content (AvgIpc) is 2.91. The zero-order chi connectivity index (χ0) is 29.6. The van der Waals surface area contributed by atoms with Crippen LogP contribution in [-0.2, 0) is 13.1 Å². The first-order valence-corrected chi connectivity index (χ1v) is 13.1. The Morgan fingerprint density at radius 1 is 1.27 bits per heavy atom. The summed E-state index contributed by atoms with van der Waals surface area (Å²) in [5, 5.41) is 20.3. The first-order chi connectivity index (χ1) is 19.0. The van der Waals surface area contributed by atoms with Crippen molar-refractivity contribution in [3.05, 3.63) is 85.3 Å². The van der Waals surface area contributed by atoms with Crippen LogP contribution in [0.15, 0.2) is 62.8 Å². The van der Waals surface area contributed by atoms with Crippen molar-refractivity contribution in [2.45, 2.75) is 33.4 Å².